The highest BCUT2D eigenvalue weighted by molar-refractivity contribution is 6.35. The molecule has 1 rings (SSSR count). The van der Waals surface area contributed by atoms with E-state index in [2.05, 4.69) is 6.92 Å². The van der Waals surface area contributed by atoms with Crippen molar-refractivity contribution in [2.75, 3.05) is 0 Å². The van der Waals surface area contributed by atoms with Crippen molar-refractivity contribution in [3.63, 3.8) is 0 Å². The fraction of sp³-hybridized carbons (Fsp3) is 0.647. The average Bonchev–Trinajstić information content (AvgIpc) is 2.41. The lowest BCUT2D eigenvalue weighted by atomic mass is 10.0. The molecular weight excluding hydrogens is 291 g/mol. The van der Waals surface area contributed by atoms with Crippen LogP contribution in [0.2, 0.25) is 10.0 Å². The monoisotopic (exact) mass is 316 g/mol. The van der Waals surface area contributed by atoms with Gasteiger partial charge in [0.05, 0.1) is 6.10 Å². The standard InChI is InChI=1S/C17H26Cl2O/c1-2-3-4-5-6-7-8-9-10-17(20)15-12-11-14(18)13-16(15)19/h11-13,17,20H,2-10H2,1H3. The number of halogens is 2. The third-order valence-electron chi connectivity index (χ3n) is 3.65. The van der Waals surface area contributed by atoms with Crippen molar-refractivity contribution in [3.05, 3.63) is 33.8 Å². The van der Waals surface area contributed by atoms with Crippen LogP contribution in [0.4, 0.5) is 0 Å². The molecule has 0 bridgehead atoms. The predicted molar refractivity (Wildman–Crippen MR) is 88.6 cm³/mol. The molecule has 0 aliphatic heterocycles. The second-order valence-electron chi connectivity index (χ2n) is 5.45. The number of unbranched alkanes of at least 4 members (excludes halogenated alkanes) is 7. The van der Waals surface area contributed by atoms with Gasteiger partial charge in [0.25, 0.3) is 0 Å². The van der Waals surface area contributed by atoms with Gasteiger partial charge in [-0.3, -0.25) is 0 Å². The van der Waals surface area contributed by atoms with Gasteiger partial charge in [-0.25, -0.2) is 0 Å². The van der Waals surface area contributed by atoms with E-state index in [1.807, 2.05) is 6.07 Å². The summed E-state index contributed by atoms with van der Waals surface area (Å²) >= 11 is 11.9. The molecular formula is C17H26Cl2O. The summed E-state index contributed by atoms with van der Waals surface area (Å²) in [7, 11) is 0. The first-order valence-electron chi connectivity index (χ1n) is 7.78. The Hall–Kier alpha value is -0.240. The zero-order chi connectivity index (χ0) is 14.8. The van der Waals surface area contributed by atoms with Gasteiger partial charge in [-0.1, -0.05) is 87.6 Å². The molecule has 114 valence electrons. The van der Waals surface area contributed by atoms with Crippen LogP contribution in [0.3, 0.4) is 0 Å². The van der Waals surface area contributed by atoms with Gasteiger partial charge in [-0.05, 0) is 24.1 Å². The van der Waals surface area contributed by atoms with Gasteiger partial charge in [0.1, 0.15) is 0 Å². The molecule has 1 N–H and O–H groups in total. The molecule has 3 heteroatoms. The summed E-state index contributed by atoms with van der Waals surface area (Å²) in [5.74, 6) is 0. The molecule has 1 atom stereocenters. The lowest BCUT2D eigenvalue weighted by molar-refractivity contribution is 0.163. The number of aliphatic hydroxyl groups excluding tert-OH is 1. The first-order chi connectivity index (χ1) is 9.65. The smallest absolute Gasteiger partial charge is 0.0804 e. The molecule has 0 radical (unpaired) electrons. The van der Waals surface area contributed by atoms with Crippen molar-refractivity contribution in [2.45, 2.75) is 70.8 Å². The lowest BCUT2D eigenvalue weighted by Gasteiger charge is -2.12. The molecule has 0 amide bonds. The van der Waals surface area contributed by atoms with Gasteiger partial charge in [0.15, 0.2) is 0 Å². The van der Waals surface area contributed by atoms with Crippen molar-refractivity contribution >= 4 is 23.2 Å². The van der Waals surface area contributed by atoms with Crippen LogP contribution in [0.1, 0.15) is 76.4 Å². The Labute approximate surface area is 133 Å². The summed E-state index contributed by atoms with van der Waals surface area (Å²) in [4.78, 5) is 0. The van der Waals surface area contributed by atoms with E-state index in [1.54, 1.807) is 12.1 Å². The maximum Gasteiger partial charge on any atom is 0.0804 e. The van der Waals surface area contributed by atoms with E-state index in [4.69, 9.17) is 23.2 Å². The minimum atomic E-state index is -0.472. The van der Waals surface area contributed by atoms with E-state index in [-0.39, 0.29) is 0 Å². The highest BCUT2D eigenvalue weighted by Gasteiger charge is 2.11. The fourth-order valence-electron chi connectivity index (χ4n) is 2.40. The molecule has 1 unspecified atom stereocenters. The Kier molecular flexibility index (Phi) is 9.33. The van der Waals surface area contributed by atoms with E-state index >= 15 is 0 Å². The molecule has 1 nitrogen and oxygen atoms in total. The van der Waals surface area contributed by atoms with Crippen LogP contribution in [0.5, 0.6) is 0 Å². The first kappa shape index (κ1) is 17.8. The van der Waals surface area contributed by atoms with E-state index < -0.39 is 6.10 Å². The van der Waals surface area contributed by atoms with E-state index in [9.17, 15) is 5.11 Å². The predicted octanol–water partition coefficient (Wildman–Crippen LogP) is 6.56. The minimum absolute atomic E-state index is 0.472. The summed E-state index contributed by atoms with van der Waals surface area (Å²) in [6.07, 6.45) is 10.5. The molecule has 0 aliphatic carbocycles. The molecule has 1 aromatic carbocycles. The third-order valence-corrected chi connectivity index (χ3v) is 4.22. The van der Waals surface area contributed by atoms with Crippen LogP contribution < -0.4 is 0 Å². The van der Waals surface area contributed by atoms with Crippen molar-refractivity contribution in [1.82, 2.24) is 0 Å². The Morgan fingerprint density at radius 3 is 2.15 bits per heavy atom. The summed E-state index contributed by atoms with van der Waals surface area (Å²) in [5, 5.41) is 11.3. The molecule has 0 spiro atoms. The number of rotatable bonds is 10. The van der Waals surface area contributed by atoms with Crippen LogP contribution in [0.15, 0.2) is 18.2 Å². The van der Waals surface area contributed by atoms with E-state index in [1.165, 1.54) is 44.9 Å². The molecule has 0 aromatic heterocycles. The molecule has 0 saturated carbocycles. The molecule has 0 heterocycles. The molecule has 0 aliphatic rings. The Balaban J connectivity index is 2.15. The maximum absolute atomic E-state index is 10.1. The summed E-state index contributed by atoms with van der Waals surface area (Å²) in [6, 6.07) is 5.29. The number of aliphatic hydroxyl groups is 1. The zero-order valence-electron chi connectivity index (χ0n) is 12.4. The number of hydrogen-bond acceptors (Lipinski definition) is 1. The van der Waals surface area contributed by atoms with Crippen LogP contribution in [-0.2, 0) is 0 Å². The highest BCUT2D eigenvalue weighted by Crippen LogP contribution is 2.29. The third kappa shape index (κ3) is 6.97. The quantitative estimate of drug-likeness (QED) is 0.485. The molecule has 0 saturated heterocycles. The largest absolute Gasteiger partial charge is 0.388 e. The topological polar surface area (TPSA) is 20.2 Å². The van der Waals surface area contributed by atoms with E-state index in [0.29, 0.717) is 10.0 Å². The normalized spacial score (nSPS) is 12.6. The Bertz CT molecular complexity index is 379. The minimum Gasteiger partial charge on any atom is -0.388 e. The van der Waals surface area contributed by atoms with Gasteiger partial charge in [-0.15, -0.1) is 0 Å². The maximum atomic E-state index is 10.1. The van der Waals surface area contributed by atoms with E-state index in [0.717, 1.165) is 18.4 Å². The Morgan fingerprint density at radius 1 is 0.950 bits per heavy atom. The van der Waals surface area contributed by atoms with Gasteiger partial charge < -0.3 is 5.11 Å². The van der Waals surface area contributed by atoms with Crippen molar-refractivity contribution < 1.29 is 5.11 Å². The van der Waals surface area contributed by atoms with Gasteiger partial charge in [0.2, 0.25) is 0 Å². The number of benzene rings is 1. The van der Waals surface area contributed by atoms with Gasteiger partial charge in [0, 0.05) is 10.0 Å². The SMILES string of the molecule is CCCCCCCCCCC(O)c1ccc(Cl)cc1Cl. The van der Waals surface area contributed by atoms with Gasteiger partial charge >= 0.3 is 0 Å². The van der Waals surface area contributed by atoms with Crippen LogP contribution in [-0.4, -0.2) is 5.11 Å². The molecule has 0 fully saturated rings. The van der Waals surface area contributed by atoms with Gasteiger partial charge in [-0.2, -0.15) is 0 Å². The van der Waals surface area contributed by atoms with Crippen LogP contribution >= 0.6 is 23.2 Å². The summed E-state index contributed by atoms with van der Waals surface area (Å²) in [5.41, 5.74) is 0.791. The highest BCUT2D eigenvalue weighted by atomic mass is 35.5. The molecule has 1 aromatic rings. The second-order valence-corrected chi connectivity index (χ2v) is 6.29. The summed E-state index contributed by atoms with van der Waals surface area (Å²) < 4.78 is 0. The average molecular weight is 317 g/mol. The van der Waals surface area contributed by atoms with Crippen molar-refractivity contribution in [3.8, 4) is 0 Å². The van der Waals surface area contributed by atoms with Crippen LogP contribution in [0, 0.1) is 0 Å². The zero-order valence-corrected chi connectivity index (χ0v) is 13.9. The number of hydrogen-bond donors (Lipinski definition) is 1. The van der Waals surface area contributed by atoms with Crippen LogP contribution in [0.25, 0.3) is 0 Å². The second kappa shape index (κ2) is 10.5. The Morgan fingerprint density at radius 2 is 1.55 bits per heavy atom. The lowest BCUT2D eigenvalue weighted by Crippen LogP contribution is -1.98. The summed E-state index contributed by atoms with van der Waals surface area (Å²) in [6.45, 7) is 2.24. The van der Waals surface area contributed by atoms with Crippen molar-refractivity contribution in [2.24, 2.45) is 0 Å². The molecule has 20 heavy (non-hydrogen) atoms. The first-order valence-corrected chi connectivity index (χ1v) is 8.53. The fourth-order valence-corrected chi connectivity index (χ4v) is 2.93. The van der Waals surface area contributed by atoms with Crippen molar-refractivity contribution in [1.29, 1.82) is 0 Å².